The molecule has 7 heteroatoms. The van der Waals surface area contributed by atoms with Crippen molar-refractivity contribution in [1.29, 1.82) is 0 Å². The van der Waals surface area contributed by atoms with E-state index in [-0.39, 0.29) is 11.7 Å². The summed E-state index contributed by atoms with van der Waals surface area (Å²) in [5, 5.41) is 2.77. The molecule has 0 radical (unpaired) electrons. The van der Waals surface area contributed by atoms with Gasteiger partial charge in [-0.1, -0.05) is 12.1 Å². The molecule has 6 nitrogen and oxygen atoms in total. The highest BCUT2D eigenvalue weighted by Crippen LogP contribution is 2.38. The second kappa shape index (κ2) is 8.56. The fourth-order valence-corrected chi connectivity index (χ4v) is 2.89. The molecular weight excluding hydrogens is 363 g/mol. The zero-order valence-electron chi connectivity index (χ0n) is 15.9. The monoisotopic (exact) mass is 384 g/mol. The number of ether oxygens (including phenoxy) is 3. The summed E-state index contributed by atoms with van der Waals surface area (Å²) in [5.74, 6) is 1.49. The lowest BCUT2D eigenvalue weighted by molar-refractivity contribution is -0.115. The molecule has 0 fully saturated rings. The summed E-state index contributed by atoms with van der Waals surface area (Å²) in [4.78, 5) is 16.6. The van der Waals surface area contributed by atoms with E-state index < -0.39 is 0 Å². The number of amidine groups is 1. The number of amides is 1. The van der Waals surface area contributed by atoms with Crippen LogP contribution in [0.4, 0.5) is 4.39 Å². The number of halogens is 1. The zero-order chi connectivity index (χ0) is 20.1. The van der Waals surface area contributed by atoms with Crippen molar-refractivity contribution in [1.82, 2.24) is 5.32 Å². The molecule has 0 saturated carbocycles. The minimum Gasteiger partial charge on any atom is -0.493 e. The quantitative estimate of drug-likeness (QED) is 0.744. The maximum absolute atomic E-state index is 13.0. The summed E-state index contributed by atoms with van der Waals surface area (Å²) < 4.78 is 28.9. The molecule has 1 aliphatic rings. The van der Waals surface area contributed by atoms with Crippen LogP contribution in [0, 0.1) is 5.82 Å². The van der Waals surface area contributed by atoms with Crippen LogP contribution in [0.25, 0.3) is 6.08 Å². The third kappa shape index (κ3) is 4.31. The van der Waals surface area contributed by atoms with Crippen molar-refractivity contribution < 1.29 is 23.4 Å². The molecule has 0 aliphatic carbocycles. The van der Waals surface area contributed by atoms with Crippen LogP contribution in [-0.4, -0.2) is 33.1 Å². The normalized spacial score (nSPS) is 14.6. The van der Waals surface area contributed by atoms with Gasteiger partial charge in [-0.3, -0.25) is 4.79 Å². The summed E-state index contributed by atoms with van der Waals surface area (Å²) in [5.41, 5.74) is 1.96. The van der Waals surface area contributed by atoms with Crippen molar-refractivity contribution in [2.45, 2.75) is 12.8 Å². The number of carbonyl (C=O) groups is 1. The van der Waals surface area contributed by atoms with Crippen LogP contribution in [0.3, 0.4) is 0 Å². The summed E-state index contributed by atoms with van der Waals surface area (Å²) in [6, 6.07) is 9.76. The molecule has 1 heterocycles. The number of aliphatic imine (C=N–C) groups is 1. The first-order valence-corrected chi connectivity index (χ1v) is 8.69. The number of nitrogens with zero attached hydrogens (tertiary/aromatic N) is 1. The number of nitrogens with one attached hydrogen (secondary N) is 1. The van der Waals surface area contributed by atoms with Gasteiger partial charge in [0.1, 0.15) is 17.3 Å². The summed E-state index contributed by atoms with van der Waals surface area (Å²) >= 11 is 0. The molecule has 1 amide bonds. The van der Waals surface area contributed by atoms with Gasteiger partial charge in [-0.05, 0) is 47.9 Å². The number of aryl methyl sites for hydroxylation is 1. The van der Waals surface area contributed by atoms with Crippen molar-refractivity contribution in [3.63, 3.8) is 0 Å². The Morgan fingerprint density at radius 2 is 1.64 bits per heavy atom. The van der Waals surface area contributed by atoms with Gasteiger partial charge in [0.25, 0.3) is 5.91 Å². The molecule has 0 aromatic heterocycles. The predicted molar refractivity (Wildman–Crippen MR) is 104 cm³/mol. The number of methoxy groups -OCH3 is 3. The molecule has 0 saturated heterocycles. The van der Waals surface area contributed by atoms with Crippen LogP contribution in [-0.2, 0) is 11.2 Å². The SMILES string of the molecule is COc1cc(/C=C2/N=C(CCc3ccc(F)cc3)NC2=O)cc(OC)c1OC. The van der Waals surface area contributed by atoms with Gasteiger partial charge in [-0.15, -0.1) is 0 Å². The van der Waals surface area contributed by atoms with E-state index in [0.717, 1.165) is 5.56 Å². The van der Waals surface area contributed by atoms with Gasteiger partial charge in [-0.2, -0.15) is 0 Å². The van der Waals surface area contributed by atoms with Crippen LogP contribution in [0.2, 0.25) is 0 Å². The first kappa shape index (κ1) is 19.4. The van der Waals surface area contributed by atoms with Crippen LogP contribution in [0.1, 0.15) is 17.5 Å². The Kier molecular flexibility index (Phi) is 5.93. The second-order valence-electron chi connectivity index (χ2n) is 6.13. The summed E-state index contributed by atoms with van der Waals surface area (Å²) in [7, 11) is 4.59. The summed E-state index contributed by atoms with van der Waals surface area (Å²) in [6.45, 7) is 0. The Morgan fingerprint density at radius 1 is 1.00 bits per heavy atom. The molecule has 1 aliphatic heterocycles. The molecule has 1 N–H and O–H groups in total. The van der Waals surface area contributed by atoms with Gasteiger partial charge in [0.2, 0.25) is 5.75 Å². The standard InChI is InChI=1S/C21H21FN2O4/c1-26-17-11-14(12-18(27-2)20(17)28-3)10-16-21(25)24-19(23-16)9-6-13-4-7-15(22)8-5-13/h4-5,7-8,10-12H,6,9H2,1-3H3,(H,23,24,25)/b16-10+. The molecular formula is C21H21FN2O4. The third-order valence-corrected chi connectivity index (χ3v) is 4.30. The van der Waals surface area contributed by atoms with E-state index in [9.17, 15) is 9.18 Å². The number of hydrogen-bond acceptors (Lipinski definition) is 5. The fourth-order valence-electron chi connectivity index (χ4n) is 2.89. The van der Waals surface area contributed by atoms with Crippen molar-refractivity contribution in [2.75, 3.05) is 21.3 Å². The van der Waals surface area contributed by atoms with Crippen molar-refractivity contribution in [3.8, 4) is 17.2 Å². The third-order valence-electron chi connectivity index (χ3n) is 4.30. The van der Waals surface area contributed by atoms with Crippen molar-refractivity contribution >= 4 is 17.8 Å². The number of rotatable bonds is 7. The maximum Gasteiger partial charge on any atom is 0.275 e. The number of carbonyl (C=O) groups excluding carboxylic acids is 1. The second-order valence-corrected chi connectivity index (χ2v) is 6.13. The van der Waals surface area contributed by atoms with Gasteiger partial charge in [0, 0.05) is 6.42 Å². The fraction of sp³-hybridized carbons (Fsp3) is 0.238. The molecule has 0 unspecified atom stereocenters. The van der Waals surface area contributed by atoms with Crippen LogP contribution >= 0.6 is 0 Å². The van der Waals surface area contributed by atoms with E-state index in [1.165, 1.54) is 33.5 Å². The highest BCUT2D eigenvalue weighted by molar-refractivity contribution is 6.14. The smallest absolute Gasteiger partial charge is 0.275 e. The lowest BCUT2D eigenvalue weighted by Crippen LogP contribution is -2.24. The molecule has 2 aromatic rings. The van der Waals surface area contributed by atoms with E-state index in [1.807, 2.05) is 0 Å². The highest BCUT2D eigenvalue weighted by Gasteiger charge is 2.20. The molecule has 0 atom stereocenters. The van der Waals surface area contributed by atoms with Crippen molar-refractivity contribution in [2.24, 2.45) is 4.99 Å². The van der Waals surface area contributed by atoms with E-state index in [4.69, 9.17) is 14.2 Å². The minimum absolute atomic E-state index is 0.272. The molecule has 146 valence electrons. The molecule has 2 aromatic carbocycles. The van der Waals surface area contributed by atoms with Crippen LogP contribution in [0.5, 0.6) is 17.2 Å². The van der Waals surface area contributed by atoms with E-state index in [0.29, 0.717) is 47.2 Å². The predicted octanol–water partition coefficient (Wildman–Crippen LogP) is 3.35. The number of hydrogen-bond donors (Lipinski definition) is 1. The first-order valence-electron chi connectivity index (χ1n) is 8.69. The molecule has 0 bridgehead atoms. The molecule has 3 rings (SSSR count). The van der Waals surface area contributed by atoms with Crippen LogP contribution in [0.15, 0.2) is 47.1 Å². The van der Waals surface area contributed by atoms with Crippen LogP contribution < -0.4 is 19.5 Å². The zero-order valence-corrected chi connectivity index (χ0v) is 15.9. The Morgan fingerprint density at radius 3 is 2.21 bits per heavy atom. The number of benzene rings is 2. The maximum atomic E-state index is 13.0. The first-order chi connectivity index (χ1) is 13.5. The van der Waals surface area contributed by atoms with Gasteiger partial charge in [0.05, 0.1) is 21.3 Å². The molecule has 0 spiro atoms. The highest BCUT2D eigenvalue weighted by atomic mass is 19.1. The Hall–Kier alpha value is -3.35. The van der Waals surface area contributed by atoms with E-state index in [1.54, 1.807) is 30.3 Å². The lowest BCUT2D eigenvalue weighted by Gasteiger charge is -2.12. The largest absolute Gasteiger partial charge is 0.493 e. The topological polar surface area (TPSA) is 69.2 Å². The Bertz CT molecular complexity index is 911. The molecule has 28 heavy (non-hydrogen) atoms. The van der Waals surface area contributed by atoms with Gasteiger partial charge in [0.15, 0.2) is 11.5 Å². The van der Waals surface area contributed by atoms with Gasteiger partial charge >= 0.3 is 0 Å². The lowest BCUT2D eigenvalue weighted by atomic mass is 10.1. The summed E-state index contributed by atoms with van der Waals surface area (Å²) in [6.07, 6.45) is 2.85. The Balaban J connectivity index is 1.79. The van der Waals surface area contributed by atoms with Gasteiger partial charge in [-0.25, -0.2) is 9.38 Å². The van der Waals surface area contributed by atoms with Crippen molar-refractivity contribution in [3.05, 3.63) is 59.0 Å². The average Bonchev–Trinajstić information content (AvgIpc) is 3.05. The average molecular weight is 384 g/mol. The van der Waals surface area contributed by atoms with E-state index >= 15 is 0 Å². The minimum atomic E-state index is -0.275. The Labute approximate surface area is 162 Å². The van der Waals surface area contributed by atoms with Gasteiger partial charge < -0.3 is 19.5 Å². The van der Waals surface area contributed by atoms with E-state index in [2.05, 4.69) is 10.3 Å².